The zero-order valence-electron chi connectivity index (χ0n) is 13.9. The van der Waals surface area contributed by atoms with E-state index in [0.717, 1.165) is 17.5 Å². The summed E-state index contributed by atoms with van der Waals surface area (Å²) in [5.41, 5.74) is 4.18. The molecular formula is C21H18Cl2FN. The molecule has 0 fully saturated rings. The summed E-state index contributed by atoms with van der Waals surface area (Å²) in [6.07, 6.45) is 4.98. The van der Waals surface area contributed by atoms with Gasteiger partial charge in [-0.05, 0) is 41.7 Å². The highest BCUT2D eigenvalue weighted by atomic mass is 35.5. The average Bonchev–Trinajstić information content (AvgIpc) is 2.63. The Labute approximate surface area is 157 Å². The Morgan fingerprint density at radius 3 is 2.28 bits per heavy atom. The van der Waals surface area contributed by atoms with Crippen LogP contribution in [0.3, 0.4) is 0 Å². The molecule has 0 radical (unpaired) electrons. The predicted molar refractivity (Wildman–Crippen MR) is 104 cm³/mol. The number of pyridine rings is 1. The second-order valence-corrected chi connectivity index (χ2v) is 6.76. The van der Waals surface area contributed by atoms with Gasteiger partial charge in [0, 0.05) is 17.3 Å². The van der Waals surface area contributed by atoms with Crippen LogP contribution in [-0.2, 0) is 6.42 Å². The SMILES string of the molecule is CCCCc1ccc(-c2ccc(-c3cnc(Cl)c(Cl)c3)cc2F)cc1. The van der Waals surface area contributed by atoms with Gasteiger partial charge in [-0.2, -0.15) is 0 Å². The van der Waals surface area contributed by atoms with Gasteiger partial charge in [0.2, 0.25) is 0 Å². The van der Waals surface area contributed by atoms with Crippen LogP contribution in [0, 0.1) is 5.82 Å². The normalized spacial score (nSPS) is 10.9. The van der Waals surface area contributed by atoms with E-state index in [1.54, 1.807) is 18.3 Å². The van der Waals surface area contributed by atoms with Crippen LogP contribution in [0.1, 0.15) is 25.3 Å². The number of aromatic nitrogens is 1. The second kappa shape index (κ2) is 7.99. The number of hydrogen-bond acceptors (Lipinski definition) is 1. The van der Waals surface area contributed by atoms with Gasteiger partial charge in [-0.1, -0.05) is 72.9 Å². The predicted octanol–water partition coefficient (Wildman–Crippen LogP) is 7.20. The van der Waals surface area contributed by atoms with Gasteiger partial charge in [0.1, 0.15) is 11.0 Å². The summed E-state index contributed by atoms with van der Waals surface area (Å²) in [6.45, 7) is 2.18. The first-order valence-electron chi connectivity index (χ1n) is 8.28. The Morgan fingerprint density at radius 1 is 0.920 bits per heavy atom. The molecule has 1 heterocycles. The number of aryl methyl sites for hydroxylation is 1. The topological polar surface area (TPSA) is 12.9 Å². The van der Waals surface area contributed by atoms with Crippen LogP contribution in [0.4, 0.5) is 4.39 Å². The first-order valence-corrected chi connectivity index (χ1v) is 9.04. The van der Waals surface area contributed by atoms with Crippen molar-refractivity contribution in [1.29, 1.82) is 0 Å². The summed E-state index contributed by atoms with van der Waals surface area (Å²) in [4.78, 5) is 4.01. The molecule has 128 valence electrons. The summed E-state index contributed by atoms with van der Waals surface area (Å²) in [6, 6.07) is 14.9. The minimum absolute atomic E-state index is 0.241. The number of unbranched alkanes of at least 4 members (excludes halogenated alkanes) is 1. The molecule has 3 aromatic rings. The fourth-order valence-electron chi connectivity index (χ4n) is 2.74. The molecule has 0 bridgehead atoms. The van der Waals surface area contributed by atoms with Crippen LogP contribution in [0.5, 0.6) is 0 Å². The smallest absolute Gasteiger partial charge is 0.147 e. The highest BCUT2D eigenvalue weighted by Gasteiger charge is 2.09. The minimum atomic E-state index is -0.273. The molecule has 0 aliphatic rings. The molecule has 1 nitrogen and oxygen atoms in total. The van der Waals surface area contributed by atoms with Crippen molar-refractivity contribution in [3.05, 3.63) is 76.3 Å². The standard InChI is InChI=1S/C21H18Cl2FN/c1-2-3-4-14-5-7-15(8-6-14)18-10-9-16(12-20(18)24)17-11-19(22)21(23)25-13-17/h5-13H,2-4H2,1H3. The van der Waals surface area contributed by atoms with Crippen molar-refractivity contribution in [2.45, 2.75) is 26.2 Å². The Hall–Kier alpha value is -1.90. The maximum absolute atomic E-state index is 14.6. The molecule has 0 atom stereocenters. The van der Waals surface area contributed by atoms with Gasteiger partial charge >= 0.3 is 0 Å². The largest absolute Gasteiger partial charge is 0.242 e. The third-order valence-corrected chi connectivity index (χ3v) is 4.87. The van der Waals surface area contributed by atoms with Crippen LogP contribution >= 0.6 is 23.2 Å². The zero-order chi connectivity index (χ0) is 17.8. The molecule has 4 heteroatoms. The monoisotopic (exact) mass is 373 g/mol. The molecule has 1 aromatic heterocycles. The number of nitrogens with zero attached hydrogens (tertiary/aromatic N) is 1. The molecule has 0 saturated carbocycles. The Kier molecular flexibility index (Phi) is 5.72. The van der Waals surface area contributed by atoms with E-state index < -0.39 is 0 Å². The van der Waals surface area contributed by atoms with Crippen LogP contribution < -0.4 is 0 Å². The molecule has 0 saturated heterocycles. The molecule has 0 spiro atoms. The minimum Gasteiger partial charge on any atom is -0.242 e. The second-order valence-electron chi connectivity index (χ2n) is 5.99. The van der Waals surface area contributed by atoms with E-state index in [2.05, 4.69) is 24.0 Å². The molecule has 25 heavy (non-hydrogen) atoms. The first kappa shape index (κ1) is 17.9. The van der Waals surface area contributed by atoms with Crippen molar-refractivity contribution < 1.29 is 4.39 Å². The number of halogens is 3. The zero-order valence-corrected chi connectivity index (χ0v) is 15.4. The van der Waals surface area contributed by atoms with E-state index in [1.807, 2.05) is 18.2 Å². The fraction of sp³-hybridized carbons (Fsp3) is 0.190. The number of rotatable bonds is 5. The average molecular weight is 374 g/mol. The van der Waals surface area contributed by atoms with Crippen molar-refractivity contribution in [2.75, 3.05) is 0 Å². The van der Waals surface area contributed by atoms with Gasteiger partial charge in [0.05, 0.1) is 5.02 Å². The molecule has 3 rings (SSSR count). The van der Waals surface area contributed by atoms with Gasteiger partial charge in [-0.3, -0.25) is 0 Å². The quantitative estimate of drug-likeness (QED) is 0.430. The molecule has 0 amide bonds. The summed E-state index contributed by atoms with van der Waals surface area (Å²) >= 11 is 11.8. The Morgan fingerprint density at radius 2 is 1.64 bits per heavy atom. The maximum Gasteiger partial charge on any atom is 0.147 e. The van der Waals surface area contributed by atoms with E-state index in [4.69, 9.17) is 23.2 Å². The van der Waals surface area contributed by atoms with Gasteiger partial charge < -0.3 is 0 Å². The highest BCUT2D eigenvalue weighted by molar-refractivity contribution is 6.41. The molecule has 0 unspecified atom stereocenters. The van der Waals surface area contributed by atoms with Crippen molar-refractivity contribution in [1.82, 2.24) is 4.98 Å². The third-order valence-electron chi connectivity index (χ3n) is 4.18. The molecule has 2 aromatic carbocycles. The molecule has 0 aliphatic carbocycles. The first-order chi connectivity index (χ1) is 12.1. The highest BCUT2D eigenvalue weighted by Crippen LogP contribution is 2.30. The lowest BCUT2D eigenvalue weighted by atomic mass is 9.98. The summed E-state index contributed by atoms with van der Waals surface area (Å²) in [5.74, 6) is -0.273. The van der Waals surface area contributed by atoms with Gasteiger partial charge in [0.25, 0.3) is 0 Å². The number of benzene rings is 2. The van der Waals surface area contributed by atoms with Gasteiger partial charge in [0.15, 0.2) is 0 Å². The molecular weight excluding hydrogens is 356 g/mol. The van der Waals surface area contributed by atoms with Gasteiger partial charge in [-0.25, -0.2) is 9.37 Å². The van der Waals surface area contributed by atoms with Crippen LogP contribution in [-0.4, -0.2) is 4.98 Å². The summed E-state index contributed by atoms with van der Waals surface area (Å²) in [5, 5.41) is 0.594. The maximum atomic E-state index is 14.6. The van der Waals surface area contributed by atoms with E-state index in [1.165, 1.54) is 24.5 Å². The molecule has 0 aliphatic heterocycles. The van der Waals surface area contributed by atoms with Crippen molar-refractivity contribution >= 4 is 23.2 Å². The van der Waals surface area contributed by atoms with E-state index in [-0.39, 0.29) is 11.0 Å². The lowest BCUT2D eigenvalue weighted by molar-refractivity contribution is 0.632. The van der Waals surface area contributed by atoms with E-state index in [0.29, 0.717) is 16.1 Å². The summed E-state index contributed by atoms with van der Waals surface area (Å²) in [7, 11) is 0. The number of hydrogen-bond donors (Lipinski definition) is 0. The third kappa shape index (κ3) is 4.20. The Bertz CT molecular complexity index is 876. The van der Waals surface area contributed by atoms with Gasteiger partial charge in [-0.15, -0.1) is 0 Å². The lowest BCUT2D eigenvalue weighted by Crippen LogP contribution is -1.89. The van der Waals surface area contributed by atoms with Crippen molar-refractivity contribution in [2.24, 2.45) is 0 Å². The summed E-state index contributed by atoms with van der Waals surface area (Å²) < 4.78 is 14.6. The van der Waals surface area contributed by atoms with Crippen LogP contribution in [0.25, 0.3) is 22.3 Å². The van der Waals surface area contributed by atoms with Crippen molar-refractivity contribution in [3.63, 3.8) is 0 Å². The van der Waals surface area contributed by atoms with Crippen molar-refractivity contribution in [3.8, 4) is 22.3 Å². The van der Waals surface area contributed by atoms with E-state index in [9.17, 15) is 4.39 Å². The Balaban J connectivity index is 1.87. The lowest BCUT2D eigenvalue weighted by Gasteiger charge is -2.08. The van der Waals surface area contributed by atoms with E-state index >= 15 is 0 Å². The fourth-order valence-corrected chi connectivity index (χ4v) is 3.01. The van der Waals surface area contributed by atoms with Crippen LogP contribution in [0.15, 0.2) is 54.7 Å². The van der Waals surface area contributed by atoms with Crippen LogP contribution in [0.2, 0.25) is 10.2 Å². The molecule has 0 N–H and O–H groups in total.